The summed E-state index contributed by atoms with van der Waals surface area (Å²) in [4.78, 5) is 25.8. The summed E-state index contributed by atoms with van der Waals surface area (Å²) in [7, 11) is 3.81. The molecular weight excluding hydrogens is 556 g/mol. The van der Waals surface area contributed by atoms with Crippen molar-refractivity contribution >= 4 is 34.5 Å². The number of benzene rings is 2. The number of likely N-dealkylation sites (N-methyl/N-ethyl adjacent to an activating group) is 1. The number of carbonyl (C=O) groups is 1. The monoisotopic (exact) mass is 596 g/mol. The fraction of sp³-hybridized carbons (Fsp3) is 0.500. The molecule has 1 atom stereocenters. The highest BCUT2D eigenvalue weighted by Gasteiger charge is 2.30. The van der Waals surface area contributed by atoms with Gasteiger partial charge in [-0.05, 0) is 76.6 Å². The normalized spacial score (nSPS) is 16.6. The maximum atomic E-state index is 13.5. The van der Waals surface area contributed by atoms with Gasteiger partial charge in [0.25, 0.3) is 5.91 Å². The smallest absolute Gasteiger partial charge is 0.270 e. The van der Waals surface area contributed by atoms with Crippen LogP contribution in [-0.4, -0.2) is 80.2 Å². The minimum atomic E-state index is -0.0313. The van der Waals surface area contributed by atoms with E-state index in [0.717, 1.165) is 35.0 Å². The molecule has 3 aromatic rings. The second-order valence-corrected chi connectivity index (χ2v) is 12.4. The number of hydrogen-bond donors (Lipinski definition) is 0. The Balaban J connectivity index is 1.16. The minimum absolute atomic E-state index is 0.0313. The third-order valence-corrected chi connectivity index (χ3v) is 9.60. The summed E-state index contributed by atoms with van der Waals surface area (Å²) in [6.07, 6.45) is 7.16. The molecule has 0 radical (unpaired) electrons. The van der Waals surface area contributed by atoms with E-state index in [0.29, 0.717) is 47.0 Å². The van der Waals surface area contributed by atoms with Gasteiger partial charge in [-0.2, -0.15) is 0 Å². The molecule has 2 aliphatic heterocycles. The van der Waals surface area contributed by atoms with Crippen LogP contribution in [0.15, 0.2) is 42.5 Å². The second kappa shape index (κ2) is 14.0. The number of methoxy groups -OCH3 is 1. The Morgan fingerprint density at radius 3 is 2.56 bits per heavy atom. The zero-order chi connectivity index (χ0) is 28.8. The van der Waals surface area contributed by atoms with Crippen molar-refractivity contribution in [2.24, 2.45) is 0 Å². The maximum absolute atomic E-state index is 13.5. The van der Waals surface area contributed by atoms with Crippen molar-refractivity contribution in [2.75, 3.05) is 58.4 Å². The number of amides is 1. The second-order valence-electron chi connectivity index (χ2n) is 10.9. The van der Waals surface area contributed by atoms with Crippen LogP contribution in [-0.2, 0) is 6.42 Å². The van der Waals surface area contributed by atoms with E-state index < -0.39 is 0 Å². The van der Waals surface area contributed by atoms with Gasteiger partial charge in [0.05, 0.1) is 12.8 Å². The Bertz CT molecular complexity index is 1310. The van der Waals surface area contributed by atoms with E-state index >= 15 is 0 Å². The molecule has 3 heterocycles. The van der Waals surface area contributed by atoms with Crippen LogP contribution in [0.2, 0.25) is 5.02 Å². The number of fused-ring (bicyclic) bond motifs is 1. The number of hydrogen-bond acceptors (Lipinski definition) is 7. The van der Waals surface area contributed by atoms with Crippen LogP contribution in [0.1, 0.15) is 54.4 Å². The van der Waals surface area contributed by atoms with E-state index in [1.165, 1.54) is 56.5 Å². The predicted molar refractivity (Wildman–Crippen MR) is 168 cm³/mol. The van der Waals surface area contributed by atoms with Crippen LogP contribution in [0.25, 0.3) is 10.6 Å². The molecule has 9 heteroatoms. The number of anilines is 1. The molecule has 220 valence electrons. The van der Waals surface area contributed by atoms with Crippen LogP contribution in [0.3, 0.4) is 0 Å². The highest BCUT2D eigenvalue weighted by Crippen LogP contribution is 2.37. The molecule has 5 rings (SSSR count). The van der Waals surface area contributed by atoms with Crippen molar-refractivity contribution in [2.45, 2.75) is 51.5 Å². The maximum Gasteiger partial charge on any atom is 0.270 e. The van der Waals surface area contributed by atoms with Crippen molar-refractivity contribution in [1.82, 2.24) is 14.8 Å². The number of piperidine rings is 1. The van der Waals surface area contributed by atoms with E-state index in [1.54, 1.807) is 12.0 Å². The molecular formula is C32H41ClN4O3S. The van der Waals surface area contributed by atoms with Gasteiger partial charge in [0.1, 0.15) is 16.5 Å². The van der Waals surface area contributed by atoms with E-state index in [9.17, 15) is 4.79 Å². The summed E-state index contributed by atoms with van der Waals surface area (Å²) in [6.45, 7) is 7.86. The highest BCUT2D eigenvalue weighted by atomic mass is 35.5. The molecule has 1 fully saturated rings. The number of likely N-dealkylation sites (tertiary alicyclic amines) is 1. The first-order valence-corrected chi connectivity index (χ1v) is 16.0. The molecule has 0 saturated carbocycles. The SMILES string of the molecule is CCC(CCN(C)CCOc1ccc(N2CCc3nc(-c4ccc(Cl)cc4)sc3C2=O)cc1OC)N1CCCCC1. The Labute approximate surface area is 253 Å². The van der Waals surface area contributed by atoms with Crippen molar-refractivity contribution in [1.29, 1.82) is 0 Å². The predicted octanol–water partition coefficient (Wildman–Crippen LogP) is 6.64. The molecule has 1 aromatic heterocycles. The number of ether oxygens (including phenoxy) is 2. The average Bonchev–Trinajstić information content (AvgIpc) is 3.44. The first-order valence-electron chi connectivity index (χ1n) is 14.8. The summed E-state index contributed by atoms with van der Waals surface area (Å²) in [5.74, 6) is 1.29. The van der Waals surface area contributed by atoms with E-state index in [2.05, 4.69) is 23.8 Å². The van der Waals surface area contributed by atoms with Gasteiger partial charge < -0.3 is 24.2 Å². The lowest BCUT2D eigenvalue weighted by Crippen LogP contribution is -2.41. The molecule has 1 amide bonds. The van der Waals surface area contributed by atoms with Crippen LogP contribution < -0.4 is 14.4 Å². The Hall–Kier alpha value is -2.65. The van der Waals surface area contributed by atoms with Gasteiger partial charge in [-0.15, -0.1) is 11.3 Å². The summed E-state index contributed by atoms with van der Waals surface area (Å²) in [5, 5.41) is 1.52. The quantitative estimate of drug-likeness (QED) is 0.234. The third-order valence-electron chi connectivity index (χ3n) is 8.21. The van der Waals surface area contributed by atoms with Crippen LogP contribution in [0, 0.1) is 0 Å². The summed E-state index contributed by atoms with van der Waals surface area (Å²) < 4.78 is 11.8. The third kappa shape index (κ3) is 7.23. The molecule has 41 heavy (non-hydrogen) atoms. The molecule has 1 unspecified atom stereocenters. The Morgan fingerprint density at radius 2 is 1.83 bits per heavy atom. The number of carbonyl (C=O) groups excluding carboxylic acids is 1. The van der Waals surface area contributed by atoms with Crippen molar-refractivity contribution < 1.29 is 14.3 Å². The topological polar surface area (TPSA) is 58.1 Å². The highest BCUT2D eigenvalue weighted by molar-refractivity contribution is 7.17. The fourth-order valence-corrected chi connectivity index (χ4v) is 6.95. The average molecular weight is 597 g/mol. The van der Waals surface area contributed by atoms with Crippen molar-refractivity contribution in [3.63, 3.8) is 0 Å². The van der Waals surface area contributed by atoms with E-state index in [-0.39, 0.29) is 5.91 Å². The Kier molecular flexibility index (Phi) is 10.2. The molecule has 0 aliphatic carbocycles. The van der Waals surface area contributed by atoms with Gasteiger partial charge in [-0.1, -0.05) is 37.1 Å². The minimum Gasteiger partial charge on any atom is -0.493 e. The first kappa shape index (κ1) is 29.8. The Morgan fingerprint density at radius 1 is 1.05 bits per heavy atom. The summed E-state index contributed by atoms with van der Waals surface area (Å²) in [6, 6.07) is 14.0. The fourth-order valence-electron chi connectivity index (χ4n) is 5.76. The molecule has 0 bridgehead atoms. The van der Waals surface area contributed by atoms with Crippen LogP contribution >= 0.6 is 22.9 Å². The summed E-state index contributed by atoms with van der Waals surface area (Å²) >= 11 is 7.47. The van der Waals surface area contributed by atoms with Crippen molar-refractivity contribution in [3.05, 3.63) is 58.1 Å². The van der Waals surface area contributed by atoms with E-state index in [1.807, 2.05) is 42.5 Å². The number of thiazole rings is 1. The van der Waals surface area contributed by atoms with Crippen molar-refractivity contribution in [3.8, 4) is 22.1 Å². The zero-order valence-corrected chi connectivity index (χ0v) is 26.0. The zero-order valence-electron chi connectivity index (χ0n) is 24.4. The van der Waals surface area contributed by atoms with Gasteiger partial charge >= 0.3 is 0 Å². The molecule has 2 aliphatic rings. The largest absolute Gasteiger partial charge is 0.493 e. The number of halogens is 1. The summed E-state index contributed by atoms with van der Waals surface area (Å²) in [5.41, 5.74) is 2.62. The van der Waals surface area contributed by atoms with E-state index in [4.69, 9.17) is 26.1 Å². The van der Waals surface area contributed by atoms with Gasteiger partial charge in [-0.3, -0.25) is 4.79 Å². The van der Waals surface area contributed by atoms with Gasteiger partial charge in [0.15, 0.2) is 11.5 Å². The number of nitrogens with zero attached hydrogens (tertiary/aromatic N) is 4. The lowest BCUT2D eigenvalue weighted by molar-refractivity contribution is 0.0984. The van der Waals surface area contributed by atoms with Gasteiger partial charge in [0, 0.05) is 47.9 Å². The number of rotatable bonds is 12. The van der Waals surface area contributed by atoms with Gasteiger partial charge in [-0.25, -0.2) is 4.98 Å². The standard InChI is InChI=1S/C32H41ClN4O3S/c1-4-25(36-16-6-5-7-17-36)14-18-35(2)20-21-40-28-13-12-26(22-29(28)39-3)37-19-15-27-30(32(37)38)41-31(34-27)23-8-10-24(33)11-9-23/h8-13,22,25H,4-7,14-21H2,1-3H3. The number of aromatic nitrogens is 1. The molecule has 2 aromatic carbocycles. The lowest BCUT2D eigenvalue weighted by Gasteiger charge is -2.35. The molecule has 1 saturated heterocycles. The van der Waals surface area contributed by atoms with Crippen LogP contribution in [0.4, 0.5) is 5.69 Å². The molecule has 0 spiro atoms. The lowest BCUT2D eigenvalue weighted by atomic mass is 10.0. The molecule has 0 N–H and O–H groups in total. The molecule has 7 nitrogen and oxygen atoms in total. The van der Waals surface area contributed by atoms with Gasteiger partial charge in [0.2, 0.25) is 0 Å². The van der Waals surface area contributed by atoms with Crippen LogP contribution in [0.5, 0.6) is 11.5 Å². The first-order chi connectivity index (χ1) is 20.0.